The van der Waals surface area contributed by atoms with Gasteiger partial charge in [0.15, 0.2) is 0 Å². The van der Waals surface area contributed by atoms with Crippen molar-refractivity contribution in [3.8, 4) is 0 Å². The van der Waals surface area contributed by atoms with Gasteiger partial charge in [0.05, 0.1) is 5.75 Å². The number of benzene rings is 2. The smallest absolute Gasteiger partial charge is 0.238 e. The maximum Gasteiger partial charge on any atom is 0.238 e. The lowest BCUT2D eigenvalue weighted by molar-refractivity contribution is -0.115. The average Bonchev–Trinajstić information content (AvgIpc) is 2.80. The summed E-state index contributed by atoms with van der Waals surface area (Å²) in [4.78, 5) is 13.8. The van der Waals surface area contributed by atoms with Gasteiger partial charge in [0.25, 0.3) is 0 Å². The largest absolute Gasteiger partial charge is 0.295 e. The van der Waals surface area contributed by atoms with Crippen LogP contribution >= 0.6 is 27.7 Å². The second-order valence-electron chi connectivity index (χ2n) is 4.46. The molecule has 0 radical (unpaired) electrons. The van der Waals surface area contributed by atoms with Gasteiger partial charge in [-0.2, -0.15) is 0 Å². The van der Waals surface area contributed by atoms with E-state index in [1.54, 1.807) is 28.8 Å². The number of hydrogen-bond acceptors (Lipinski definition) is 2. The van der Waals surface area contributed by atoms with E-state index in [9.17, 15) is 9.18 Å². The fraction of sp³-hybridized carbons (Fsp3) is 0.133. The molecule has 1 saturated heterocycles. The zero-order chi connectivity index (χ0) is 14.1. The number of thioether (sulfide) groups is 1. The summed E-state index contributed by atoms with van der Waals surface area (Å²) < 4.78 is 14.4. The van der Waals surface area contributed by atoms with E-state index in [2.05, 4.69) is 15.9 Å². The summed E-state index contributed by atoms with van der Waals surface area (Å²) in [6.45, 7) is 0. The van der Waals surface area contributed by atoms with E-state index in [4.69, 9.17) is 0 Å². The number of carbonyl (C=O) groups is 1. The van der Waals surface area contributed by atoms with Gasteiger partial charge in [-0.15, -0.1) is 11.8 Å². The second-order valence-corrected chi connectivity index (χ2v) is 6.45. The number of rotatable bonds is 2. The third-order valence-corrected chi connectivity index (χ3v) is 4.79. The molecule has 1 heterocycles. The van der Waals surface area contributed by atoms with Crippen LogP contribution in [0.2, 0.25) is 0 Å². The molecule has 0 saturated carbocycles. The van der Waals surface area contributed by atoms with Gasteiger partial charge in [-0.05, 0) is 35.9 Å². The normalized spacial score (nSPS) is 18.6. The third-order valence-electron chi connectivity index (χ3n) is 3.09. The Balaban J connectivity index is 2.01. The number of carbonyl (C=O) groups excluding carboxylic acids is 1. The Bertz CT molecular complexity index is 664. The summed E-state index contributed by atoms with van der Waals surface area (Å²) in [6, 6.07) is 14.0. The standard InChI is InChI=1S/C15H11BrFNOS/c16-11-4-1-3-10(7-11)15-18(14(19)9-20-15)13-6-2-5-12(17)8-13/h1-8,15H,9H2/t15-/m0/s1. The Morgan fingerprint density at radius 2 is 2.00 bits per heavy atom. The van der Waals surface area contributed by atoms with E-state index in [1.807, 2.05) is 24.3 Å². The molecule has 1 amide bonds. The predicted octanol–water partition coefficient (Wildman–Crippen LogP) is 4.37. The Morgan fingerprint density at radius 3 is 2.75 bits per heavy atom. The van der Waals surface area contributed by atoms with Gasteiger partial charge in [0.1, 0.15) is 11.2 Å². The molecule has 1 fully saturated rings. The third kappa shape index (κ3) is 2.60. The molecule has 102 valence electrons. The van der Waals surface area contributed by atoms with Gasteiger partial charge in [-0.3, -0.25) is 9.69 Å². The van der Waals surface area contributed by atoms with Crippen LogP contribution < -0.4 is 4.90 Å². The van der Waals surface area contributed by atoms with Crippen molar-refractivity contribution in [2.45, 2.75) is 5.37 Å². The molecule has 20 heavy (non-hydrogen) atoms. The molecular weight excluding hydrogens is 341 g/mol. The second kappa shape index (κ2) is 5.58. The van der Waals surface area contributed by atoms with Crippen molar-refractivity contribution in [2.75, 3.05) is 10.7 Å². The van der Waals surface area contributed by atoms with Crippen molar-refractivity contribution in [1.29, 1.82) is 0 Å². The van der Waals surface area contributed by atoms with Crippen LogP contribution in [0.4, 0.5) is 10.1 Å². The maximum atomic E-state index is 13.4. The van der Waals surface area contributed by atoms with Gasteiger partial charge in [-0.25, -0.2) is 4.39 Å². The van der Waals surface area contributed by atoms with Crippen LogP contribution in [0, 0.1) is 5.82 Å². The topological polar surface area (TPSA) is 20.3 Å². The summed E-state index contributed by atoms with van der Waals surface area (Å²) in [5.41, 5.74) is 1.63. The monoisotopic (exact) mass is 351 g/mol. The zero-order valence-corrected chi connectivity index (χ0v) is 12.8. The van der Waals surface area contributed by atoms with Crippen LogP contribution in [-0.4, -0.2) is 11.7 Å². The number of hydrogen-bond donors (Lipinski definition) is 0. The number of halogens is 2. The lowest BCUT2D eigenvalue weighted by Gasteiger charge is -2.24. The first-order chi connectivity index (χ1) is 9.65. The number of amides is 1. The van der Waals surface area contributed by atoms with Gasteiger partial charge < -0.3 is 0 Å². The van der Waals surface area contributed by atoms with Crippen molar-refractivity contribution >= 4 is 39.3 Å². The van der Waals surface area contributed by atoms with E-state index in [-0.39, 0.29) is 17.1 Å². The van der Waals surface area contributed by atoms with Gasteiger partial charge in [-0.1, -0.05) is 34.1 Å². The fourth-order valence-electron chi connectivity index (χ4n) is 2.24. The Hall–Kier alpha value is -1.33. The van der Waals surface area contributed by atoms with Crippen LogP contribution in [0.1, 0.15) is 10.9 Å². The van der Waals surface area contributed by atoms with Crippen LogP contribution in [0.3, 0.4) is 0 Å². The van der Waals surface area contributed by atoms with E-state index in [1.165, 1.54) is 12.1 Å². The summed E-state index contributed by atoms with van der Waals surface area (Å²) in [5, 5.41) is -0.109. The predicted molar refractivity (Wildman–Crippen MR) is 83.2 cm³/mol. The van der Waals surface area contributed by atoms with Crippen LogP contribution in [0.5, 0.6) is 0 Å². The molecule has 1 atom stereocenters. The average molecular weight is 352 g/mol. The number of anilines is 1. The molecular formula is C15H11BrFNOS. The SMILES string of the molecule is O=C1CS[C@@H](c2cccc(Br)c2)N1c1cccc(F)c1. The highest BCUT2D eigenvalue weighted by Gasteiger charge is 2.34. The molecule has 0 unspecified atom stereocenters. The molecule has 3 rings (SSSR count). The van der Waals surface area contributed by atoms with Gasteiger partial charge in [0, 0.05) is 10.2 Å². The molecule has 2 nitrogen and oxygen atoms in total. The van der Waals surface area contributed by atoms with Crippen LogP contribution in [0.15, 0.2) is 53.0 Å². The first-order valence-corrected chi connectivity index (χ1v) is 7.94. The number of nitrogens with zero attached hydrogens (tertiary/aromatic N) is 1. The minimum Gasteiger partial charge on any atom is -0.295 e. The maximum absolute atomic E-state index is 13.4. The molecule has 0 N–H and O–H groups in total. The van der Waals surface area contributed by atoms with E-state index >= 15 is 0 Å². The summed E-state index contributed by atoms with van der Waals surface area (Å²) in [5.74, 6) is 0.0824. The molecule has 0 aromatic heterocycles. The van der Waals surface area contributed by atoms with E-state index in [0.29, 0.717) is 11.4 Å². The lowest BCUT2D eigenvalue weighted by Crippen LogP contribution is -2.27. The fourth-order valence-corrected chi connectivity index (χ4v) is 3.82. The molecule has 0 spiro atoms. The van der Waals surface area contributed by atoms with Crippen molar-refractivity contribution in [3.63, 3.8) is 0 Å². The molecule has 5 heteroatoms. The minimum absolute atomic E-state index is 0.00516. The van der Waals surface area contributed by atoms with Crippen LogP contribution in [-0.2, 0) is 4.79 Å². The molecule has 1 aliphatic rings. The zero-order valence-electron chi connectivity index (χ0n) is 10.4. The Labute approximate surface area is 129 Å². The summed E-state index contributed by atoms with van der Waals surface area (Å²) >= 11 is 4.99. The molecule has 2 aromatic carbocycles. The highest BCUT2D eigenvalue weighted by atomic mass is 79.9. The summed E-state index contributed by atoms with van der Waals surface area (Å²) in [6.07, 6.45) is 0. The summed E-state index contributed by atoms with van der Waals surface area (Å²) in [7, 11) is 0. The first kappa shape index (κ1) is 13.6. The van der Waals surface area contributed by atoms with Gasteiger partial charge in [0.2, 0.25) is 5.91 Å². The minimum atomic E-state index is -0.333. The Morgan fingerprint density at radius 1 is 1.20 bits per heavy atom. The van der Waals surface area contributed by atoms with E-state index in [0.717, 1.165) is 10.0 Å². The van der Waals surface area contributed by atoms with E-state index < -0.39 is 0 Å². The Kier molecular flexibility index (Phi) is 3.81. The molecule has 1 aliphatic heterocycles. The van der Waals surface area contributed by atoms with Crippen molar-refractivity contribution in [1.82, 2.24) is 0 Å². The molecule has 0 aliphatic carbocycles. The molecule has 0 bridgehead atoms. The lowest BCUT2D eigenvalue weighted by atomic mass is 10.2. The van der Waals surface area contributed by atoms with Crippen molar-refractivity contribution in [2.24, 2.45) is 0 Å². The quantitative estimate of drug-likeness (QED) is 0.800. The van der Waals surface area contributed by atoms with Crippen molar-refractivity contribution < 1.29 is 9.18 Å². The van der Waals surface area contributed by atoms with Gasteiger partial charge >= 0.3 is 0 Å². The van der Waals surface area contributed by atoms with Crippen molar-refractivity contribution in [3.05, 3.63) is 64.4 Å². The highest BCUT2D eigenvalue weighted by Crippen LogP contribution is 2.42. The molecule has 2 aromatic rings. The van der Waals surface area contributed by atoms with Crippen LogP contribution in [0.25, 0.3) is 0 Å². The first-order valence-electron chi connectivity index (χ1n) is 6.10. The highest BCUT2D eigenvalue weighted by molar-refractivity contribution is 9.10.